The number of carbonyl (C=O) groups excluding carboxylic acids is 1. The maximum atomic E-state index is 13.7. The zero-order valence-electron chi connectivity index (χ0n) is 27.4. The Kier molecular flexibility index (Phi) is 10.7. The first-order valence-electron chi connectivity index (χ1n) is 15.8. The molecular formula is C38H29F4N5O4S. The summed E-state index contributed by atoms with van der Waals surface area (Å²) in [5, 5.41) is 0.207. The Balaban J connectivity index is 1.45. The van der Waals surface area contributed by atoms with Gasteiger partial charge in [0, 0.05) is 41.9 Å². The van der Waals surface area contributed by atoms with E-state index < -0.39 is 29.0 Å². The number of nitrogens with two attached hydrogens (primary N) is 1. The van der Waals surface area contributed by atoms with Crippen LogP contribution in [-0.4, -0.2) is 32.0 Å². The van der Waals surface area contributed by atoms with Gasteiger partial charge in [0.2, 0.25) is 0 Å². The van der Waals surface area contributed by atoms with Crippen molar-refractivity contribution in [2.24, 2.45) is 5.73 Å². The van der Waals surface area contributed by atoms with E-state index in [4.69, 9.17) is 15.2 Å². The lowest BCUT2D eigenvalue weighted by Gasteiger charge is -2.19. The van der Waals surface area contributed by atoms with E-state index in [-0.39, 0.29) is 45.7 Å². The van der Waals surface area contributed by atoms with Crippen LogP contribution in [0.5, 0.6) is 17.5 Å². The highest BCUT2D eigenvalue weighted by atomic mass is 32.2. The molecule has 6 aromatic rings. The monoisotopic (exact) mass is 727 g/mol. The van der Waals surface area contributed by atoms with Crippen LogP contribution in [0.25, 0.3) is 16.8 Å². The molecular weight excluding hydrogens is 699 g/mol. The number of para-hydroxylation sites is 1. The molecule has 2 aromatic heterocycles. The van der Waals surface area contributed by atoms with Crippen molar-refractivity contribution in [3.8, 4) is 34.3 Å². The quantitative estimate of drug-likeness (QED) is 0.0765. The number of benzene rings is 4. The average molecular weight is 728 g/mol. The number of rotatable bonds is 12. The maximum absolute atomic E-state index is 13.7. The van der Waals surface area contributed by atoms with Gasteiger partial charge in [-0.3, -0.25) is 14.2 Å². The molecule has 6 rings (SSSR count). The van der Waals surface area contributed by atoms with Crippen LogP contribution in [0.3, 0.4) is 0 Å². The van der Waals surface area contributed by atoms with E-state index in [2.05, 4.69) is 15.0 Å². The highest BCUT2D eigenvalue weighted by Crippen LogP contribution is 2.40. The van der Waals surface area contributed by atoms with Gasteiger partial charge in [-0.25, -0.2) is 14.4 Å². The number of hydrogen-bond donors (Lipinski definition) is 1. The Morgan fingerprint density at radius 2 is 1.65 bits per heavy atom. The lowest BCUT2D eigenvalue weighted by atomic mass is 9.98. The maximum Gasteiger partial charge on any atom is 0.416 e. The van der Waals surface area contributed by atoms with Gasteiger partial charge in [-0.15, -0.1) is 0 Å². The summed E-state index contributed by atoms with van der Waals surface area (Å²) < 4.78 is 67.6. The van der Waals surface area contributed by atoms with Crippen molar-refractivity contribution in [2.45, 2.75) is 30.4 Å². The van der Waals surface area contributed by atoms with Gasteiger partial charge in [0.15, 0.2) is 5.16 Å². The van der Waals surface area contributed by atoms with Gasteiger partial charge in [0.25, 0.3) is 11.5 Å². The van der Waals surface area contributed by atoms with Gasteiger partial charge >= 0.3 is 12.2 Å². The van der Waals surface area contributed by atoms with Crippen LogP contribution in [0, 0.1) is 5.82 Å². The van der Waals surface area contributed by atoms with Gasteiger partial charge < -0.3 is 15.2 Å². The fraction of sp³-hybridized carbons (Fsp3) is 0.132. The lowest BCUT2D eigenvalue weighted by Crippen LogP contribution is -2.21. The molecule has 0 saturated heterocycles. The van der Waals surface area contributed by atoms with Gasteiger partial charge in [-0.1, -0.05) is 54.2 Å². The number of halogens is 4. The Morgan fingerprint density at radius 3 is 2.33 bits per heavy atom. The van der Waals surface area contributed by atoms with Crippen LogP contribution in [0.1, 0.15) is 39.5 Å². The Hall–Kier alpha value is -6.02. The number of alkyl halides is 3. The summed E-state index contributed by atoms with van der Waals surface area (Å²) >= 11 is 1.18. The second kappa shape index (κ2) is 15.5. The van der Waals surface area contributed by atoms with Gasteiger partial charge in [0.1, 0.15) is 17.3 Å². The van der Waals surface area contributed by atoms with E-state index in [9.17, 15) is 27.2 Å². The van der Waals surface area contributed by atoms with Crippen molar-refractivity contribution in [1.82, 2.24) is 19.5 Å². The van der Waals surface area contributed by atoms with Crippen molar-refractivity contribution < 1.29 is 31.8 Å². The zero-order chi connectivity index (χ0) is 36.8. The molecule has 1 amide bonds. The predicted molar refractivity (Wildman–Crippen MR) is 187 cm³/mol. The predicted octanol–water partition coefficient (Wildman–Crippen LogP) is 8.02. The van der Waals surface area contributed by atoms with Gasteiger partial charge in [-0.2, -0.15) is 18.2 Å². The summed E-state index contributed by atoms with van der Waals surface area (Å²) in [5.74, 6) is -0.729. The molecule has 0 unspecified atom stereocenters. The number of hydrogen-bond acceptors (Lipinski definition) is 8. The van der Waals surface area contributed by atoms with E-state index in [0.717, 1.165) is 17.7 Å². The molecule has 0 spiro atoms. The largest absolute Gasteiger partial charge is 0.464 e. The van der Waals surface area contributed by atoms with E-state index >= 15 is 0 Å². The van der Waals surface area contributed by atoms with Crippen LogP contribution in [0.15, 0.2) is 120 Å². The molecule has 2 heterocycles. The van der Waals surface area contributed by atoms with Crippen molar-refractivity contribution in [3.63, 3.8) is 0 Å². The molecule has 0 saturated carbocycles. The molecule has 0 aliphatic carbocycles. The number of ether oxygens (including phenoxy) is 2. The molecule has 52 heavy (non-hydrogen) atoms. The van der Waals surface area contributed by atoms with Crippen LogP contribution < -0.4 is 20.8 Å². The van der Waals surface area contributed by atoms with E-state index in [1.165, 1.54) is 48.4 Å². The standard InChI is InChI=1S/C38H29F4N5O4S/c1-2-50-36-44-19-24(20-45-36)16-26-21-47(37(46-35(26)49)52-22-23-8-12-28(39)13-9-23)32-15-10-25(17-31(32)34(43)48)30-14-11-27(38(40,41)42)18-33(30)51-29-6-4-3-5-7-29/h3-15,17-21H,2,16,22H2,1H3,(H2,43,48). The fourth-order valence-corrected chi connectivity index (χ4v) is 6.13. The van der Waals surface area contributed by atoms with E-state index in [1.807, 2.05) is 0 Å². The van der Waals surface area contributed by atoms with Crippen molar-refractivity contribution >= 4 is 17.7 Å². The second-order valence-electron chi connectivity index (χ2n) is 11.3. The minimum atomic E-state index is -4.63. The molecule has 0 bridgehead atoms. The molecule has 0 aliphatic heterocycles. The number of aromatic nitrogens is 4. The lowest BCUT2D eigenvalue weighted by molar-refractivity contribution is -0.137. The van der Waals surface area contributed by atoms with Crippen molar-refractivity contribution in [3.05, 3.63) is 154 Å². The molecule has 2 N–H and O–H groups in total. The molecule has 4 aromatic carbocycles. The third kappa shape index (κ3) is 8.46. The Labute approximate surface area is 299 Å². The van der Waals surface area contributed by atoms with Crippen LogP contribution >= 0.6 is 11.8 Å². The zero-order valence-corrected chi connectivity index (χ0v) is 28.2. The number of primary amides is 1. The van der Waals surface area contributed by atoms with Crippen LogP contribution in [-0.2, 0) is 18.3 Å². The fourth-order valence-electron chi connectivity index (χ4n) is 5.21. The first-order chi connectivity index (χ1) is 25.0. The molecule has 0 radical (unpaired) electrons. The summed E-state index contributed by atoms with van der Waals surface area (Å²) in [6, 6.07) is 22.1. The van der Waals surface area contributed by atoms with Crippen LogP contribution in [0.4, 0.5) is 17.6 Å². The summed E-state index contributed by atoms with van der Waals surface area (Å²) in [6.07, 6.45) is 0.0623. The minimum absolute atomic E-state index is 0.00695. The highest BCUT2D eigenvalue weighted by Gasteiger charge is 2.32. The summed E-state index contributed by atoms with van der Waals surface area (Å²) in [4.78, 5) is 39.1. The van der Waals surface area contributed by atoms with Crippen molar-refractivity contribution in [2.75, 3.05) is 6.61 Å². The van der Waals surface area contributed by atoms with Gasteiger partial charge in [0.05, 0.1) is 23.4 Å². The van der Waals surface area contributed by atoms with Crippen molar-refractivity contribution in [1.29, 1.82) is 0 Å². The molecule has 14 heteroatoms. The Bertz CT molecular complexity index is 2270. The van der Waals surface area contributed by atoms with Gasteiger partial charge in [-0.05, 0) is 72.1 Å². The smallest absolute Gasteiger partial charge is 0.416 e. The second-order valence-corrected chi connectivity index (χ2v) is 12.3. The third-order valence-electron chi connectivity index (χ3n) is 7.71. The highest BCUT2D eigenvalue weighted by molar-refractivity contribution is 7.98. The van der Waals surface area contributed by atoms with Crippen LogP contribution in [0.2, 0.25) is 0 Å². The third-order valence-corrected chi connectivity index (χ3v) is 8.73. The molecule has 0 atom stereocenters. The summed E-state index contributed by atoms with van der Waals surface area (Å²) in [5.41, 5.74) is 6.93. The normalized spacial score (nSPS) is 11.3. The molecule has 0 fully saturated rings. The minimum Gasteiger partial charge on any atom is -0.464 e. The average Bonchev–Trinajstić information content (AvgIpc) is 3.13. The first kappa shape index (κ1) is 35.8. The summed E-state index contributed by atoms with van der Waals surface area (Å²) in [7, 11) is 0. The SMILES string of the molecule is CCOc1ncc(Cc2cn(-c3ccc(-c4ccc(C(F)(F)F)cc4Oc4ccccc4)cc3C(N)=O)c(SCc3ccc(F)cc3)nc2=O)cn1. The molecule has 264 valence electrons. The molecule has 0 aliphatic rings. The Morgan fingerprint density at radius 1 is 0.923 bits per heavy atom. The topological polar surface area (TPSA) is 122 Å². The number of carbonyl (C=O) groups is 1. The number of nitrogens with zero attached hydrogens (tertiary/aromatic N) is 4. The molecule has 9 nitrogen and oxygen atoms in total. The number of amides is 1. The summed E-state index contributed by atoms with van der Waals surface area (Å²) in [6.45, 7) is 2.18. The van der Waals surface area contributed by atoms with E-state index in [0.29, 0.717) is 29.2 Å². The number of thioether (sulfide) groups is 1. The van der Waals surface area contributed by atoms with E-state index in [1.54, 1.807) is 72.3 Å². The first-order valence-corrected chi connectivity index (χ1v) is 16.8.